The molecule has 1 aliphatic rings. The Bertz CT molecular complexity index is 1100. The number of benzene rings is 2. The van der Waals surface area contributed by atoms with E-state index in [1.165, 1.54) is 12.1 Å². The zero-order chi connectivity index (χ0) is 19.7. The van der Waals surface area contributed by atoms with Gasteiger partial charge in [-0.05, 0) is 49.1 Å². The van der Waals surface area contributed by atoms with Crippen LogP contribution in [0.2, 0.25) is 5.02 Å². The van der Waals surface area contributed by atoms with Gasteiger partial charge in [0.25, 0.3) is 5.91 Å². The van der Waals surface area contributed by atoms with Crippen molar-refractivity contribution in [3.8, 4) is 0 Å². The number of fused-ring (bicyclic) bond motifs is 2. The number of hydrogen-bond donors (Lipinski definition) is 1. The summed E-state index contributed by atoms with van der Waals surface area (Å²) in [5.74, 6) is -1.86. The summed E-state index contributed by atoms with van der Waals surface area (Å²) in [6.07, 6.45) is 2.49. The molecule has 1 aliphatic carbocycles. The second-order valence-corrected chi connectivity index (χ2v) is 6.97. The number of anilines is 1. The molecule has 0 spiro atoms. The fraction of sp³-hybridized carbons (Fsp3) is 0.190. The van der Waals surface area contributed by atoms with Crippen molar-refractivity contribution < 1.29 is 18.7 Å². The highest BCUT2D eigenvalue weighted by molar-refractivity contribution is 6.30. The molecule has 1 aromatic heterocycles. The summed E-state index contributed by atoms with van der Waals surface area (Å²) < 4.78 is 19.0. The number of para-hydroxylation sites is 1. The molecule has 4 rings (SSSR count). The maximum atomic E-state index is 13.7. The zero-order valence-electron chi connectivity index (χ0n) is 14.8. The molecule has 0 saturated heterocycles. The minimum Gasteiger partial charge on any atom is -0.452 e. The number of amides is 1. The summed E-state index contributed by atoms with van der Waals surface area (Å²) in [5, 5.41) is 3.35. The largest absolute Gasteiger partial charge is 0.452 e. The summed E-state index contributed by atoms with van der Waals surface area (Å²) in [7, 11) is 0. The van der Waals surface area contributed by atoms with Crippen molar-refractivity contribution in [3.05, 3.63) is 70.1 Å². The van der Waals surface area contributed by atoms with Gasteiger partial charge in [-0.15, -0.1) is 0 Å². The molecule has 1 heterocycles. The summed E-state index contributed by atoms with van der Waals surface area (Å²) in [6.45, 7) is -0.532. The van der Waals surface area contributed by atoms with Crippen LogP contribution in [-0.4, -0.2) is 23.5 Å². The average Bonchev–Trinajstić information content (AvgIpc) is 3.15. The number of hydrogen-bond acceptors (Lipinski definition) is 4. The van der Waals surface area contributed by atoms with Gasteiger partial charge in [-0.3, -0.25) is 9.78 Å². The van der Waals surface area contributed by atoms with Gasteiger partial charge in [0.15, 0.2) is 6.61 Å². The maximum Gasteiger partial charge on any atom is 0.339 e. The van der Waals surface area contributed by atoms with Crippen LogP contribution in [0.4, 0.5) is 10.1 Å². The van der Waals surface area contributed by atoms with Crippen LogP contribution in [-0.2, 0) is 22.4 Å². The molecule has 0 radical (unpaired) electrons. The van der Waals surface area contributed by atoms with Gasteiger partial charge in [-0.2, -0.15) is 0 Å². The van der Waals surface area contributed by atoms with Gasteiger partial charge < -0.3 is 10.1 Å². The third-order valence-electron chi connectivity index (χ3n) is 4.66. The quantitative estimate of drug-likeness (QED) is 0.665. The smallest absolute Gasteiger partial charge is 0.339 e. The van der Waals surface area contributed by atoms with Crippen LogP contribution in [0.25, 0.3) is 10.9 Å². The van der Waals surface area contributed by atoms with Crippen LogP contribution in [0.5, 0.6) is 0 Å². The van der Waals surface area contributed by atoms with E-state index >= 15 is 0 Å². The van der Waals surface area contributed by atoms with Crippen LogP contribution in [0, 0.1) is 5.82 Å². The number of rotatable bonds is 4. The fourth-order valence-corrected chi connectivity index (χ4v) is 3.60. The van der Waals surface area contributed by atoms with Crippen molar-refractivity contribution in [2.75, 3.05) is 11.9 Å². The zero-order valence-corrected chi connectivity index (χ0v) is 15.6. The van der Waals surface area contributed by atoms with Gasteiger partial charge in [0.2, 0.25) is 0 Å². The lowest BCUT2D eigenvalue weighted by atomic mass is 10.0. The highest BCUT2D eigenvalue weighted by Crippen LogP contribution is 2.30. The minimum absolute atomic E-state index is 0.0659. The van der Waals surface area contributed by atoms with Crippen molar-refractivity contribution >= 4 is 40.1 Å². The predicted octanol–water partition coefficient (Wildman–Crippen LogP) is 4.31. The van der Waals surface area contributed by atoms with Crippen molar-refractivity contribution in [2.45, 2.75) is 19.3 Å². The molecular weight excluding hydrogens is 383 g/mol. The molecule has 0 bridgehead atoms. The molecule has 142 valence electrons. The Morgan fingerprint density at radius 1 is 1.18 bits per heavy atom. The third kappa shape index (κ3) is 3.55. The Hall–Kier alpha value is -2.99. The van der Waals surface area contributed by atoms with Gasteiger partial charge in [0.1, 0.15) is 5.82 Å². The molecule has 0 fully saturated rings. The molecule has 7 heteroatoms. The highest BCUT2D eigenvalue weighted by Gasteiger charge is 2.25. The number of ether oxygens (including phenoxy) is 1. The first kappa shape index (κ1) is 18.4. The first-order valence-electron chi connectivity index (χ1n) is 8.85. The molecule has 3 aromatic rings. The van der Waals surface area contributed by atoms with Crippen LogP contribution in [0.3, 0.4) is 0 Å². The number of nitrogens with zero attached hydrogens (tertiary/aromatic N) is 1. The number of esters is 1. The summed E-state index contributed by atoms with van der Waals surface area (Å²) in [4.78, 5) is 29.5. The molecule has 1 amide bonds. The standard InChI is InChI=1S/C21H16ClFN2O3/c22-12-8-9-15(23)18(10-12)25-19(26)11-28-21(27)20-13-4-1-2-6-16(13)24-17-7-3-5-14(17)20/h1-2,4,6,8-10H,3,5,7,11H2,(H,25,26). The molecule has 0 saturated carbocycles. The lowest BCUT2D eigenvalue weighted by Gasteiger charge is -2.12. The molecule has 5 nitrogen and oxygen atoms in total. The van der Waals surface area contributed by atoms with E-state index in [1.807, 2.05) is 24.3 Å². The van der Waals surface area contributed by atoms with Crippen LogP contribution >= 0.6 is 11.6 Å². The molecule has 28 heavy (non-hydrogen) atoms. The van der Waals surface area contributed by atoms with E-state index in [4.69, 9.17) is 16.3 Å². The van der Waals surface area contributed by atoms with E-state index < -0.39 is 24.3 Å². The average molecular weight is 399 g/mol. The van der Waals surface area contributed by atoms with E-state index in [0.717, 1.165) is 42.1 Å². The topological polar surface area (TPSA) is 68.3 Å². The number of pyridine rings is 1. The number of aryl methyl sites for hydroxylation is 1. The molecule has 0 atom stereocenters. The van der Waals surface area contributed by atoms with Crippen molar-refractivity contribution in [1.82, 2.24) is 4.98 Å². The van der Waals surface area contributed by atoms with Crippen LogP contribution in [0.15, 0.2) is 42.5 Å². The Kier molecular flexibility index (Phi) is 4.96. The van der Waals surface area contributed by atoms with Gasteiger partial charge >= 0.3 is 5.97 Å². The Balaban J connectivity index is 1.53. The van der Waals surface area contributed by atoms with Crippen molar-refractivity contribution in [1.29, 1.82) is 0 Å². The Morgan fingerprint density at radius 3 is 2.86 bits per heavy atom. The normalized spacial score (nSPS) is 12.6. The molecule has 1 N–H and O–H groups in total. The first-order chi connectivity index (χ1) is 13.5. The molecule has 0 unspecified atom stereocenters. The lowest BCUT2D eigenvalue weighted by molar-refractivity contribution is -0.119. The van der Waals surface area contributed by atoms with Gasteiger partial charge in [-0.1, -0.05) is 29.8 Å². The first-order valence-corrected chi connectivity index (χ1v) is 9.23. The SMILES string of the molecule is O=C(COC(=O)c1c2c(nc3ccccc13)CCC2)Nc1cc(Cl)ccc1F. The van der Waals surface area contributed by atoms with Gasteiger partial charge in [-0.25, -0.2) is 9.18 Å². The molecular formula is C21H16ClFN2O3. The van der Waals surface area contributed by atoms with E-state index in [0.29, 0.717) is 10.9 Å². The maximum absolute atomic E-state index is 13.7. The van der Waals surface area contributed by atoms with Crippen LogP contribution < -0.4 is 5.32 Å². The number of carbonyl (C=O) groups excluding carboxylic acids is 2. The second-order valence-electron chi connectivity index (χ2n) is 6.53. The monoisotopic (exact) mass is 398 g/mol. The molecule has 2 aromatic carbocycles. The number of nitrogens with one attached hydrogen (secondary N) is 1. The van der Waals surface area contributed by atoms with E-state index in [2.05, 4.69) is 10.3 Å². The van der Waals surface area contributed by atoms with Gasteiger partial charge in [0.05, 0.1) is 16.8 Å². The van der Waals surface area contributed by atoms with E-state index in [1.54, 1.807) is 0 Å². The second kappa shape index (κ2) is 7.56. The van der Waals surface area contributed by atoms with Crippen molar-refractivity contribution in [2.24, 2.45) is 0 Å². The summed E-state index contributed by atoms with van der Waals surface area (Å²) >= 11 is 5.81. The third-order valence-corrected chi connectivity index (χ3v) is 4.90. The number of aromatic nitrogens is 1. The predicted molar refractivity (Wildman–Crippen MR) is 104 cm³/mol. The van der Waals surface area contributed by atoms with Crippen LogP contribution in [0.1, 0.15) is 28.0 Å². The molecule has 0 aliphatic heterocycles. The summed E-state index contributed by atoms with van der Waals surface area (Å²) in [6, 6.07) is 11.2. The summed E-state index contributed by atoms with van der Waals surface area (Å²) in [5.41, 5.74) is 2.89. The van der Waals surface area contributed by atoms with Gasteiger partial charge in [0, 0.05) is 16.1 Å². The number of carbonyl (C=O) groups is 2. The fourth-order valence-electron chi connectivity index (χ4n) is 3.43. The van der Waals surface area contributed by atoms with E-state index in [-0.39, 0.29) is 10.7 Å². The number of halogens is 2. The minimum atomic E-state index is -0.649. The Labute approximate surface area is 165 Å². The Morgan fingerprint density at radius 2 is 2.00 bits per heavy atom. The highest BCUT2D eigenvalue weighted by atomic mass is 35.5. The van der Waals surface area contributed by atoms with Crippen molar-refractivity contribution in [3.63, 3.8) is 0 Å². The van der Waals surface area contributed by atoms with E-state index in [9.17, 15) is 14.0 Å². The lowest BCUT2D eigenvalue weighted by Crippen LogP contribution is -2.22.